The van der Waals surface area contributed by atoms with Crippen molar-refractivity contribution in [2.75, 3.05) is 0 Å². The molecule has 0 spiro atoms. The number of nitrogens with one attached hydrogen (secondary N) is 2. The van der Waals surface area contributed by atoms with Crippen LogP contribution in [0.15, 0.2) is 17.5 Å². The van der Waals surface area contributed by atoms with Crippen LogP contribution in [0, 0.1) is 5.92 Å². The molecule has 1 aliphatic rings. The summed E-state index contributed by atoms with van der Waals surface area (Å²) in [5.74, 6) is -0.246. The molecular weight excluding hydrogens is 298 g/mol. The van der Waals surface area contributed by atoms with E-state index in [0.717, 1.165) is 25.7 Å². The summed E-state index contributed by atoms with van der Waals surface area (Å²) in [7, 11) is 0. The molecule has 1 heterocycles. The molecule has 2 amide bonds. The quantitative estimate of drug-likeness (QED) is 0.773. The van der Waals surface area contributed by atoms with E-state index in [1.54, 1.807) is 6.07 Å². The van der Waals surface area contributed by atoms with Crippen LogP contribution in [-0.2, 0) is 4.79 Å². The van der Waals surface area contributed by atoms with Crippen molar-refractivity contribution in [3.05, 3.63) is 22.4 Å². The van der Waals surface area contributed by atoms with Crippen molar-refractivity contribution in [1.82, 2.24) is 10.6 Å². The van der Waals surface area contributed by atoms with Crippen LogP contribution in [0.4, 0.5) is 0 Å². The molecule has 2 rings (SSSR count). The number of thiophene rings is 1. The number of amides is 2. The highest BCUT2D eigenvalue weighted by molar-refractivity contribution is 7.12. The Labute approximate surface area is 135 Å². The van der Waals surface area contributed by atoms with Crippen molar-refractivity contribution < 1.29 is 9.59 Å². The Morgan fingerprint density at radius 1 is 1.27 bits per heavy atom. The van der Waals surface area contributed by atoms with Crippen LogP contribution in [0.25, 0.3) is 0 Å². The van der Waals surface area contributed by atoms with E-state index < -0.39 is 6.04 Å². The van der Waals surface area contributed by atoms with Gasteiger partial charge in [-0.3, -0.25) is 9.59 Å². The van der Waals surface area contributed by atoms with E-state index in [9.17, 15) is 9.59 Å². The van der Waals surface area contributed by atoms with E-state index in [4.69, 9.17) is 5.73 Å². The molecule has 0 saturated heterocycles. The summed E-state index contributed by atoms with van der Waals surface area (Å²) in [6.45, 7) is 3.88. The second-order valence-corrected chi connectivity index (χ2v) is 7.24. The van der Waals surface area contributed by atoms with Gasteiger partial charge in [-0.15, -0.1) is 11.3 Å². The molecule has 1 aromatic rings. The molecule has 0 aliphatic heterocycles. The first-order valence-corrected chi connectivity index (χ1v) is 8.75. The number of carbonyl (C=O) groups excluding carboxylic acids is 2. The minimum Gasteiger partial charge on any atom is -0.352 e. The van der Waals surface area contributed by atoms with Gasteiger partial charge >= 0.3 is 0 Å². The number of carbonyl (C=O) groups is 2. The molecule has 1 atom stereocenters. The monoisotopic (exact) mass is 323 g/mol. The maximum atomic E-state index is 12.5. The lowest BCUT2D eigenvalue weighted by atomic mass is 9.91. The van der Waals surface area contributed by atoms with Gasteiger partial charge in [-0.25, -0.2) is 0 Å². The Kier molecular flexibility index (Phi) is 5.97. The first-order chi connectivity index (χ1) is 10.5. The Bertz CT molecular complexity index is 493. The molecule has 1 saturated carbocycles. The molecular formula is C16H25N3O2S. The Hall–Kier alpha value is -1.40. The van der Waals surface area contributed by atoms with Crippen LogP contribution >= 0.6 is 11.3 Å². The molecule has 1 fully saturated rings. The topological polar surface area (TPSA) is 84.2 Å². The van der Waals surface area contributed by atoms with Gasteiger partial charge in [0, 0.05) is 12.1 Å². The second kappa shape index (κ2) is 7.74. The lowest BCUT2D eigenvalue weighted by Crippen LogP contribution is -2.52. The Balaban J connectivity index is 1.92. The Morgan fingerprint density at radius 2 is 1.95 bits per heavy atom. The zero-order valence-electron chi connectivity index (χ0n) is 13.2. The van der Waals surface area contributed by atoms with Gasteiger partial charge in [0.15, 0.2) is 0 Å². The zero-order chi connectivity index (χ0) is 16.1. The van der Waals surface area contributed by atoms with E-state index >= 15 is 0 Å². The van der Waals surface area contributed by atoms with Crippen LogP contribution in [0.3, 0.4) is 0 Å². The second-order valence-electron chi connectivity index (χ2n) is 6.29. The minimum atomic E-state index is -0.509. The summed E-state index contributed by atoms with van der Waals surface area (Å²) in [4.78, 5) is 25.3. The molecule has 5 nitrogen and oxygen atoms in total. The average molecular weight is 323 g/mol. The van der Waals surface area contributed by atoms with Crippen molar-refractivity contribution in [2.24, 2.45) is 11.7 Å². The lowest BCUT2D eigenvalue weighted by Gasteiger charge is -2.29. The third kappa shape index (κ3) is 4.55. The van der Waals surface area contributed by atoms with E-state index in [2.05, 4.69) is 10.6 Å². The summed E-state index contributed by atoms with van der Waals surface area (Å²) in [5, 5.41) is 7.77. The predicted molar refractivity (Wildman–Crippen MR) is 88.8 cm³/mol. The zero-order valence-corrected chi connectivity index (χ0v) is 14.0. The van der Waals surface area contributed by atoms with Gasteiger partial charge in [-0.05, 0) is 43.0 Å². The molecule has 6 heteroatoms. The summed E-state index contributed by atoms with van der Waals surface area (Å²) in [5.41, 5.74) is 5.89. The lowest BCUT2D eigenvalue weighted by molar-refractivity contribution is -0.124. The molecule has 0 bridgehead atoms. The van der Waals surface area contributed by atoms with Crippen LogP contribution in [0.2, 0.25) is 0 Å². The van der Waals surface area contributed by atoms with Gasteiger partial charge in [-0.1, -0.05) is 19.9 Å². The number of hydrogen-bond donors (Lipinski definition) is 3. The van der Waals surface area contributed by atoms with Crippen molar-refractivity contribution in [1.29, 1.82) is 0 Å². The van der Waals surface area contributed by atoms with Crippen LogP contribution < -0.4 is 16.4 Å². The van der Waals surface area contributed by atoms with Gasteiger partial charge in [0.2, 0.25) is 5.91 Å². The maximum absolute atomic E-state index is 12.5. The highest BCUT2D eigenvalue weighted by atomic mass is 32.1. The van der Waals surface area contributed by atoms with Crippen molar-refractivity contribution in [3.8, 4) is 0 Å². The fourth-order valence-electron chi connectivity index (χ4n) is 2.71. The fraction of sp³-hybridized carbons (Fsp3) is 0.625. The highest BCUT2D eigenvalue weighted by Gasteiger charge is 2.28. The van der Waals surface area contributed by atoms with E-state index in [-0.39, 0.29) is 29.8 Å². The van der Waals surface area contributed by atoms with Gasteiger partial charge in [0.1, 0.15) is 6.04 Å². The molecule has 0 radical (unpaired) electrons. The van der Waals surface area contributed by atoms with Crippen molar-refractivity contribution in [2.45, 2.75) is 57.7 Å². The van der Waals surface area contributed by atoms with E-state index in [1.165, 1.54) is 11.3 Å². The molecule has 1 aliphatic carbocycles. The minimum absolute atomic E-state index is 0.0368. The molecule has 1 aromatic heterocycles. The summed E-state index contributed by atoms with van der Waals surface area (Å²) in [6.07, 6.45) is 3.71. The Morgan fingerprint density at radius 3 is 2.50 bits per heavy atom. The first kappa shape index (κ1) is 17.0. The first-order valence-electron chi connectivity index (χ1n) is 7.87. The smallest absolute Gasteiger partial charge is 0.262 e. The van der Waals surface area contributed by atoms with Gasteiger partial charge in [0.25, 0.3) is 5.91 Å². The molecule has 0 aromatic carbocycles. The SMILES string of the molecule is CC(C)C(NC(=O)c1cccs1)C(=O)NC1CCC(N)CC1. The molecule has 4 N–H and O–H groups in total. The van der Waals surface area contributed by atoms with Crippen LogP contribution in [-0.4, -0.2) is 29.9 Å². The van der Waals surface area contributed by atoms with E-state index in [0.29, 0.717) is 4.88 Å². The number of rotatable bonds is 5. The third-order valence-corrected chi connectivity index (χ3v) is 4.97. The van der Waals surface area contributed by atoms with Gasteiger partial charge in [-0.2, -0.15) is 0 Å². The number of hydrogen-bond acceptors (Lipinski definition) is 4. The van der Waals surface area contributed by atoms with Crippen molar-refractivity contribution in [3.63, 3.8) is 0 Å². The number of nitrogens with two attached hydrogens (primary N) is 1. The van der Waals surface area contributed by atoms with Crippen LogP contribution in [0.5, 0.6) is 0 Å². The van der Waals surface area contributed by atoms with Gasteiger partial charge < -0.3 is 16.4 Å². The summed E-state index contributed by atoms with van der Waals surface area (Å²) in [6, 6.07) is 3.51. The fourth-order valence-corrected chi connectivity index (χ4v) is 3.34. The molecule has 1 unspecified atom stereocenters. The van der Waals surface area contributed by atoms with E-state index in [1.807, 2.05) is 25.3 Å². The normalized spacial score (nSPS) is 23.1. The third-order valence-electron chi connectivity index (χ3n) is 4.10. The summed E-state index contributed by atoms with van der Waals surface area (Å²) >= 11 is 1.37. The maximum Gasteiger partial charge on any atom is 0.262 e. The predicted octanol–water partition coefficient (Wildman–Crippen LogP) is 1.89. The van der Waals surface area contributed by atoms with Gasteiger partial charge in [0.05, 0.1) is 4.88 Å². The largest absolute Gasteiger partial charge is 0.352 e. The average Bonchev–Trinajstić information content (AvgIpc) is 3.00. The standard InChI is InChI=1S/C16H25N3O2S/c1-10(2)14(19-15(20)13-4-3-9-22-13)16(21)18-12-7-5-11(17)6-8-12/h3-4,9-12,14H,5-8,17H2,1-2H3,(H,18,21)(H,19,20). The highest BCUT2D eigenvalue weighted by Crippen LogP contribution is 2.17. The van der Waals surface area contributed by atoms with Crippen LogP contribution in [0.1, 0.15) is 49.2 Å². The molecule has 22 heavy (non-hydrogen) atoms. The molecule has 122 valence electrons. The summed E-state index contributed by atoms with van der Waals surface area (Å²) < 4.78 is 0. The van der Waals surface area contributed by atoms with Crippen molar-refractivity contribution >= 4 is 23.2 Å².